The normalized spacial score (nSPS) is 15.9. The van der Waals surface area contributed by atoms with Crippen molar-refractivity contribution in [3.63, 3.8) is 0 Å². The van der Waals surface area contributed by atoms with Crippen LogP contribution in [0.2, 0.25) is 5.02 Å². The number of carbonyl (C=O) groups is 2. The molecule has 124 valence electrons. The molecule has 1 aliphatic heterocycles. The average molecular weight is 345 g/mol. The number of rotatable bonds is 4. The van der Waals surface area contributed by atoms with Crippen molar-refractivity contribution < 1.29 is 14.3 Å². The summed E-state index contributed by atoms with van der Waals surface area (Å²) in [6, 6.07) is 12.5. The van der Waals surface area contributed by atoms with Gasteiger partial charge in [-0.15, -0.1) is 0 Å². The highest BCUT2D eigenvalue weighted by atomic mass is 35.5. The number of hydrogen-bond donors (Lipinski definition) is 2. The van der Waals surface area contributed by atoms with Crippen LogP contribution >= 0.6 is 11.6 Å². The van der Waals surface area contributed by atoms with E-state index >= 15 is 0 Å². The Morgan fingerprint density at radius 1 is 1.25 bits per heavy atom. The van der Waals surface area contributed by atoms with Crippen molar-refractivity contribution in [3.05, 3.63) is 58.6 Å². The van der Waals surface area contributed by atoms with Gasteiger partial charge in [0.1, 0.15) is 5.75 Å². The highest BCUT2D eigenvalue weighted by Crippen LogP contribution is 2.30. The van der Waals surface area contributed by atoms with Gasteiger partial charge >= 0.3 is 0 Å². The van der Waals surface area contributed by atoms with Crippen molar-refractivity contribution in [3.8, 4) is 5.75 Å². The first-order valence-electron chi connectivity index (χ1n) is 7.67. The van der Waals surface area contributed by atoms with Crippen LogP contribution in [0, 0.1) is 0 Å². The lowest BCUT2D eigenvalue weighted by atomic mass is 10.1. The van der Waals surface area contributed by atoms with Gasteiger partial charge in [0, 0.05) is 17.1 Å². The van der Waals surface area contributed by atoms with Crippen molar-refractivity contribution in [2.45, 2.75) is 19.4 Å². The lowest BCUT2D eigenvalue weighted by Gasteiger charge is -2.23. The Morgan fingerprint density at radius 3 is 2.75 bits per heavy atom. The van der Waals surface area contributed by atoms with Gasteiger partial charge in [0.05, 0.1) is 5.69 Å². The molecular formula is C18H17ClN2O3. The SMILES string of the molecule is CC1Oc2ccc(C(=O)NCCc3ccc(Cl)cc3)cc2NC1=O. The number of benzene rings is 2. The van der Waals surface area contributed by atoms with Crippen LogP contribution in [-0.4, -0.2) is 24.5 Å². The minimum atomic E-state index is -0.531. The summed E-state index contributed by atoms with van der Waals surface area (Å²) in [7, 11) is 0. The van der Waals surface area contributed by atoms with Crippen LogP contribution in [0.1, 0.15) is 22.8 Å². The molecule has 2 amide bonds. The summed E-state index contributed by atoms with van der Waals surface area (Å²) in [6.45, 7) is 2.19. The monoisotopic (exact) mass is 344 g/mol. The van der Waals surface area contributed by atoms with Crippen LogP contribution in [0.15, 0.2) is 42.5 Å². The number of fused-ring (bicyclic) bond motifs is 1. The summed E-state index contributed by atoms with van der Waals surface area (Å²) in [4.78, 5) is 23.9. The summed E-state index contributed by atoms with van der Waals surface area (Å²) in [5, 5.41) is 6.29. The molecule has 2 N–H and O–H groups in total. The van der Waals surface area contributed by atoms with Crippen molar-refractivity contribution in [2.24, 2.45) is 0 Å². The number of halogens is 1. The fourth-order valence-corrected chi connectivity index (χ4v) is 2.55. The van der Waals surface area contributed by atoms with Gasteiger partial charge in [-0.2, -0.15) is 0 Å². The summed E-state index contributed by atoms with van der Waals surface area (Å²) < 4.78 is 5.47. The summed E-state index contributed by atoms with van der Waals surface area (Å²) in [6.07, 6.45) is 0.183. The third kappa shape index (κ3) is 3.68. The molecule has 1 atom stereocenters. The van der Waals surface area contributed by atoms with E-state index in [0.717, 1.165) is 5.56 Å². The molecular weight excluding hydrogens is 328 g/mol. The molecule has 0 spiro atoms. The Bertz CT molecular complexity index is 774. The molecule has 0 aromatic heterocycles. The highest BCUT2D eigenvalue weighted by molar-refractivity contribution is 6.30. The molecule has 0 aliphatic carbocycles. The average Bonchev–Trinajstić information content (AvgIpc) is 2.57. The summed E-state index contributed by atoms with van der Waals surface area (Å²) in [5.74, 6) is 0.155. The maximum absolute atomic E-state index is 12.2. The van der Waals surface area contributed by atoms with E-state index in [1.165, 1.54) is 0 Å². The third-order valence-corrected chi connectivity index (χ3v) is 4.04. The van der Waals surface area contributed by atoms with E-state index in [1.54, 1.807) is 25.1 Å². The van der Waals surface area contributed by atoms with E-state index < -0.39 is 6.10 Å². The van der Waals surface area contributed by atoms with Crippen LogP contribution in [-0.2, 0) is 11.2 Å². The van der Waals surface area contributed by atoms with Gasteiger partial charge in [-0.05, 0) is 49.2 Å². The lowest BCUT2D eigenvalue weighted by Crippen LogP contribution is -2.34. The van der Waals surface area contributed by atoms with Gasteiger partial charge in [0.25, 0.3) is 11.8 Å². The predicted molar refractivity (Wildman–Crippen MR) is 92.7 cm³/mol. The fraction of sp³-hybridized carbons (Fsp3) is 0.222. The van der Waals surface area contributed by atoms with Crippen molar-refractivity contribution in [1.82, 2.24) is 5.32 Å². The standard InChI is InChI=1S/C18H17ClN2O3/c1-11-17(22)21-15-10-13(4-7-16(15)24-11)18(23)20-9-8-12-2-5-14(19)6-3-12/h2-7,10-11H,8-9H2,1H3,(H,20,23)(H,21,22). The van der Waals surface area contributed by atoms with Gasteiger partial charge in [0.2, 0.25) is 0 Å². The van der Waals surface area contributed by atoms with Crippen LogP contribution in [0.25, 0.3) is 0 Å². The Hall–Kier alpha value is -2.53. The van der Waals surface area contributed by atoms with Crippen LogP contribution in [0.3, 0.4) is 0 Å². The first-order chi connectivity index (χ1) is 11.5. The van der Waals surface area contributed by atoms with Crippen molar-refractivity contribution >= 4 is 29.1 Å². The molecule has 3 rings (SSSR count). The molecule has 1 unspecified atom stereocenters. The van der Waals surface area contributed by atoms with Gasteiger partial charge in [0.15, 0.2) is 6.10 Å². The molecule has 0 radical (unpaired) electrons. The van der Waals surface area contributed by atoms with Crippen molar-refractivity contribution in [2.75, 3.05) is 11.9 Å². The number of amides is 2. The lowest BCUT2D eigenvalue weighted by molar-refractivity contribution is -0.122. The first kappa shape index (κ1) is 16.3. The molecule has 24 heavy (non-hydrogen) atoms. The van der Waals surface area contributed by atoms with Crippen LogP contribution in [0.4, 0.5) is 5.69 Å². The minimum absolute atomic E-state index is 0.195. The van der Waals surface area contributed by atoms with Gasteiger partial charge in [-0.3, -0.25) is 9.59 Å². The topological polar surface area (TPSA) is 67.4 Å². The second-order valence-corrected chi connectivity index (χ2v) is 6.03. The zero-order valence-electron chi connectivity index (χ0n) is 13.1. The molecule has 2 aromatic rings. The highest BCUT2D eigenvalue weighted by Gasteiger charge is 2.24. The minimum Gasteiger partial charge on any atom is -0.479 e. The molecule has 0 saturated carbocycles. The third-order valence-electron chi connectivity index (χ3n) is 3.79. The summed E-state index contributed by atoms with van der Waals surface area (Å²) >= 11 is 5.84. The zero-order chi connectivity index (χ0) is 17.1. The Kier molecular flexibility index (Phi) is 4.71. The van der Waals surface area contributed by atoms with Gasteiger partial charge < -0.3 is 15.4 Å². The molecule has 0 saturated heterocycles. The molecule has 1 heterocycles. The number of anilines is 1. The zero-order valence-corrected chi connectivity index (χ0v) is 13.9. The van der Waals surface area contributed by atoms with E-state index in [4.69, 9.17) is 16.3 Å². The second-order valence-electron chi connectivity index (χ2n) is 5.59. The maximum Gasteiger partial charge on any atom is 0.265 e. The van der Waals surface area contributed by atoms with Crippen LogP contribution in [0.5, 0.6) is 5.75 Å². The number of nitrogens with one attached hydrogen (secondary N) is 2. The van der Waals surface area contributed by atoms with E-state index in [2.05, 4.69) is 10.6 Å². The molecule has 2 aromatic carbocycles. The number of ether oxygens (including phenoxy) is 1. The molecule has 0 bridgehead atoms. The van der Waals surface area contributed by atoms with Crippen molar-refractivity contribution in [1.29, 1.82) is 0 Å². The van der Waals surface area contributed by atoms with Gasteiger partial charge in [-0.1, -0.05) is 23.7 Å². The summed E-state index contributed by atoms with van der Waals surface area (Å²) in [5.41, 5.74) is 2.09. The molecule has 0 fully saturated rings. The van der Waals surface area contributed by atoms with E-state index in [0.29, 0.717) is 35.0 Å². The Labute approximate surface area is 145 Å². The number of hydrogen-bond acceptors (Lipinski definition) is 3. The van der Waals surface area contributed by atoms with E-state index in [9.17, 15) is 9.59 Å². The number of carbonyl (C=O) groups excluding carboxylic acids is 2. The largest absolute Gasteiger partial charge is 0.479 e. The molecule has 1 aliphatic rings. The van der Waals surface area contributed by atoms with Crippen LogP contribution < -0.4 is 15.4 Å². The second kappa shape index (κ2) is 6.93. The maximum atomic E-state index is 12.2. The first-order valence-corrected chi connectivity index (χ1v) is 8.05. The Balaban J connectivity index is 1.60. The fourth-order valence-electron chi connectivity index (χ4n) is 2.42. The smallest absolute Gasteiger partial charge is 0.265 e. The molecule has 6 heteroatoms. The molecule has 5 nitrogen and oxygen atoms in total. The predicted octanol–water partition coefficient (Wildman–Crippen LogP) is 3.03. The quantitative estimate of drug-likeness (QED) is 0.895. The Morgan fingerprint density at radius 2 is 2.00 bits per heavy atom. The van der Waals surface area contributed by atoms with Gasteiger partial charge in [-0.25, -0.2) is 0 Å². The van der Waals surface area contributed by atoms with E-state index in [1.807, 2.05) is 24.3 Å². The van der Waals surface area contributed by atoms with E-state index in [-0.39, 0.29) is 11.8 Å².